The third-order valence-electron chi connectivity index (χ3n) is 5.61. The summed E-state index contributed by atoms with van der Waals surface area (Å²) in [7, 11) is 3.07. The summed E-state index contributed by atoms with van der Waals surface area (Å²) in [5.74, 6) is 1.40. The number of thioether (sulfide) groups is 1. The molecule has 176 valence electrons. The van der Waals surface area contributed by atoms with Gasteiger partial charge in [-0.25, -0.2) is 4.98 Å². The molecule has 0 fully saturated rings. The van der Waals surface area contributed by atoms with Crippen molar-refractivity contribution < 1.29 is 14.4 Å². The van der Waals surface area contributed by atoms with Crippen LogP contribution in [0.25, 0.3) is 27.6 Å². The summed E-state index contributed by atoms with van der Waals surface area (Å²) in [4.78, 5) is 32.6. The van der Waals surface area contributed by atoms with Gasteiger partial charge in [0.1, 0.15) is 11.0 Å². The summed E-state index contributed by atoms with van der Waals surface area (Å²) >= 11 is 1.32. The first-order valence-electron chi connectivity index (χ1n) is 10.6. The first-order chi connectivity index (χ1) is 17.0. The van der Waals surface area contributed by atoms with Crippen LogP contribution in [0.5, 0.6) is 11.5 Å². The number of non-ortho nitro benzene ring substituents is 1. The summed E-state index contributed by atoms with van der Waals surface area (Å²) in [5.41, 5.74) is 2.83. The van der Waals surface area contributed by atoms with Crippen molar-refractivity contribution in [3.05, 3.63) is 92.8 Å². The van der Waals surface area contributed by atoms with Crippen LogP contribution in [0, 0.1) is 10.1 Å². The van der Waals surface area contributed by atoms with Gasteiger partial charge in [0.25, 0.3) is 11.2 Å². The molecule has 0 unspecified atom stereocenters. The zero-order valence-electron chi connectivity index (χ0n) is 18.8. The molecule has 1 N–H and O–H groups in total. The molecule has 35 heavy (non-hydrogen) atoms. The number of hydrogen-bond donors (Lipinski definition) is 1. The van der Waals surface area contributed by atoms with Crippen molar-refractivity contribution in [3.8, 4) is 17.2 Å². The number of nitro groups is 1. The van der Waals surface area contributed by atoms with E-state index in [1.807, 2.05) is 30.3 Å². The lowest BCUT2D eigenvalue weighted by molar-refractivity contribution is -0.384. The fourth-order valence-electron chi connectivity index (χ4n) is 3.94. The maximum absolute atomic E-state index is 13.7. The second kappa shape index (κ2) is 9.15. The number of nitrogens with one attached hydrogen (secondary N) is 1. The van der Waals surface area contributed by atoms with E-state index in [1.54, 1.807) is 31.4 Å². The predicted molar refractivity (Wildman–Crippen MR) is 135 cm³/mol. The number of aromatic amines is 1. The molecule has 0 radical (unpaired) electrons. The molecule has 9 nitrogen and oxygen atoms in total. The lowest BCUT2D eigenvalue weighted by Gasteiger charge is -2.14. The minimum Gasteiger partial charge on any atom is -0.493 e. The molecule has 0 saturated carbocycles. The molecule has 0 atom stereocenters. The molecule has 0 aliphatic heterocycles. The molecule has 2 aromatic heterocycles. The van der Waals surface area contributed by atoms with Gasteiger partial charge >= 0.3 is 0 Å². The van der Waals surface area contributed by atoms with E-state index in [2.05, 4.69) is 4.98 Å². The van der Waals surface area contributed by atoms with E-state index in [9.17, 15) is 14.9 Å². The molecule has 0 bridgehead atoms. The van der Waals surface area contributed by atoms with Gasteiger partial charge in [-0.3, -0.25) is 19.5 Å². The van der Waals surface area contributed by atoms with Crippen LogP contribution in [0.4, 0.5) is 5.69 Å². The predicted octanol–water partition coefficient (Wildman–Crippen LogP) is 5.08. The van der Waals surface area contributed by atoms with E-state index >= 15 is 0 Å². The smallest absolute Gasteiger partial charge is 0.283 e. The van der Waals surface area contributed by atoms with E-state index < -0.39 is 4.92 Å². The third-order valence-corrected chi connectivity index (χ3v) is 6.62. The minimum absolute atomic E-state index is 0.0143. The number of H-pyrrole nitrogens is 1. The number of hydrogen-bond acceptors (Lipinski definition) is 7. The second-order valence-corrected chi connectivity index (χ2v) is 8.63. The molecule has 10 heteroatoms. The Morgan fingerprint density at radius 3 is 2.60 bits per heavy atom. The SMILES string of the molecule is COc1ccc(-n2c(SCc3cccc([N+](=O)[O-])c3)nc3c([nH]c4ccccc43)c2=O)cc1OC. The van der Waals surface area contributed by atoms with Gasteiger partial charge in [0.15, 0.2) is 16.7 Å². The van der Waals surface area contributed by atoms with E-state index in [4.69, 9.17) is 14.5 Å². The zero-order valence-corrected chi connectivity index (χ0v) is 19.7. The minimum atomic E-state index is -0.427. The van der Waals surface area contributed by atoms with Gasteiger partial charge in [0, 0.05) is 34.9 Å². The van der Waals surface area contributed by atoms with Gasteiger partial charge < -0.3 is 14.5 Å². The second-order valence-electron chi connectivity index (χ2n) is 7.68. The largest absolute Gasteiger partial charge is 0.493 e. The number of rotatable bonds is 7. The Kier molecular flexibility index (Phi) is 5.87. The molecule has 0 spiro atoms. The van der Waals surface area contributed by atoms with Crippen LogP contribution >= 0.6 is 11.8 Å². The van der Waals surface area contributed by atoms with Crippen LogP contribution in [0.15, 0.2) is 76.7 Å². The van der Waals surface area contributed by atoms with Crippen LogP contribution < -0.4 is 15.0 Å². The van der Waals surface area contributed by atoms with Crippen LogP contribution in [0.1, 0.15) is 5.56 Å². The maximum Gasteiger partial charge on any atom is 0.283 e. The Morgan fingerprint density at radius 2 is 1.83 bits per heavy atom. The van der Waals surface area contributed by atoms with Gasteiger partial charge in [0.2, 0.25) is 0 Å². The molecule has 3 aromatic carbocycles. The van der Waals surface area contributed by atoms with Gasteiger partial charge in [0.05, 0.1) is 24.8 Å². The molecule has 5 aromatic rings. The van der Waals surface area contributed by atoms with E-state index in [0.717, 1.165) is 16.5 Å². The van der Waals surface area contributed by atoms with Gasteiger partial charge in [-0.15, -0.1) is 0 Å². The van der Waals surface area contributed by atoms with Crippen molar-refractivity contribution in [3.63, 3.8) is 0 Å². The number of benzene rings is 3. The molecule has 0 aliphatic carbocycles. The fraction of sp³-hybridized carbons (Fsp3) is 0.120. The number of nitrogens with zero attached hydrogens (tertiary/aromatic N) is 3. The highest BCUT2D eigenvalue weighted by Gasteiger charge is 2.19. The van der Waals surface area contributed by atoms with Crippen LogP contribution in [0.3, 0.4) is 0 Å². The van der Waals surface area contributed by atoms with Crippen LogP contribution in [-0.4, -0.2) is 33.7 Å². The van der Waals surface area contributed by atoms with Gasteiger partial charge in [-0.2, -0.15) is 0 Å². The molecular formula is C25H20N4O5S. The summed E-state index contributed by atoms with van der Waals surface area (Å²) in [5, 5.41) is 12.5. The summed E-state index contributed by atoms with van der Waals surface area (Å²) in [6.45, 7) is 0. The highest BCUT2D eigenvalue weighted by molar-refractivity contribution is 7.98. The van der Waals surface area contributed by atoms with Crippen molar-refractivity contribution in [2.75, 3.05) is 14.2 Å². The fourth-order valence-corrected chi connectivity index (χ4v) is 4.89. The highest BCUT2D eigenvalue weighted by Crippen LogP contribution is 2.32. The van der Waals surface area contributed by atoms with Gasteiger partial charge in [-0.1, -0.05) is 42.1 Å². The third kappa shape index (κ3) is 4.08. The van der Waals surface area contributed by atoms with Crippen molar-refractivity contribution in [1.29, 1.82) is 0 Å². The monoisotopic (exact) mass is 488 g/mol. The lowest BCUT2D eigenvalue weighted by atomic mass is 10.2. The number of nitro benzene ring substituents is 1. The standard InChI is InChI=1S/C25H20N4O5S/c1-33-20-11-10-16(13-21(20)34-2)28-24(30)23-22(18-8-3-4-9-19(18)26-23)27-25(28)35-14-15-6-5-7-17(12-15)29(31)32/h3-13,26H,14H2,1-2H3. The average molecular weight is 489 g/mol. The molecular weight excluding hydrogens is 468 g/mol. The number of para-hydroxylation sites is 1. The number of fused-ring (bicyclic) bond motifs is 3. The van der Waals surface area contributed by atoms with Crippen molar-refractivity contribution >= 4 is 39.4 Å². The molecule has 2 heterocycles. The van der Waals surface area contributed by atoms with Crippen molar-refractivity contribution in [2.45, 2.75) is 10.9 Å². The van der Waals surface area contributed by atoms with Gasteiger partial charge in [-0.05, 0) is 23.8 Å². The molecule has 0 aliphatic rings. The average Bonchev–Trinajstić information content (AvgIpc) is 3.26. The van der Waals surface area contributed by atoms with E-state index in [-0.39, 0.29) is 11.2 Å². The molecule has 5 rings (SSSR count). The Morgan fingerprint density at radius 1 is 1.03 bits per heavy atom. The number of ether oxygens (including phenoxy) is 2. The topological polar surface area (TPSA) is 112 Å². The highest BCUT2D eigenvalue weighted by atomic mass is 32.2. The Balaban J connectivity index is 1.68. The normalized spacial score (nSPS) is 11.1. The van der Waals surface area contributed by atoms with Crippen LogP contribution in [0.2, 0.25) is 0 Å². The summed E-state index contributed by atoms with van der Waals surface area (Å²) in [6.07, 6.45) is 0. The number of methoxy groups -OCH3 is 2. The maximum atomic E-state index is 13.7. The summed E-state index contributed by atoms with van der Waals surface area (Å²) in [6, 6.07) is 19.2. The Hall–Kier alpha value is -4.31. The first kappa shape index (κ1) is 22.5. The van der Waals surface area contributed by atoms with Crippen molar-refractivity contribution in [2.24, 2.45) is 0 Å². The van der Waals surface area contributed by atoms with E-state index in [1.165, 1.54) is 35.6 Å². The van der Waals surface area contributed by atoms with Crippen molar-refractivity contribution in [1.82, 2.24) is 14.5 Å². The number of aromatic nitrogens is 3. The molecule has 0 saturated heterocycles. The zero-order chi connectivity index (χ0) is 24.5. The summed E-state index contributed by atoms with van der Waals surface area (Å²) < 4.78 is 12.3. The van der Waals surface area contributed by atoms with E-state index in [0.29, 0.717) is 39.1 Å². The Bertz CT molecular complexity index is 1640. The van der Waals surface area contributed by atoms with Crippen LogP contribution in [-0.2, 0) is 5.75 Å². The Labute approximate surface area is 203 Å². The quantitative estimate of drug-likeness (QED) is 0.147. The lowest BCUT2D eigenvalue weighted by Crippen LogP contribution is -2.22. The molecule has 0 amide bonds. The first-order valence-corrected chi connectivity index (χ1v) is 11.6.